The molecule has 0 spiro atoms. The van der Waals surface area contributed by atoms with Crippen LogP contribution in [-0.4, -0.2) is 66.3 Å². The van der Waals surface area contributed by atoms with Crippen LogP contribution >= 0.6 is 0 Å². The molecule has 7 nitrogen and oxygen atoms in total. The van der Waals surface area contributed by atoms with Gasteiger partial charge in [0.2, 0.25) is 0 Å². The zero-order valence-electron chi connectivity index (χ0n) is 8.64. The van der Waals surface area contributed by atoms with Gasteiger partial charge >= 0.3 is 0 Å². The van der Waals surface area contributed by atoms with Gasteiger partial charge in [-0.25, -0.2) is 0 Å². The summed E-state index contributed by atoms with van der Waals surface area (Å²) in [5, 5.41) is 29.1. The number of rotatable bonds is 7. The second-order valence-corrected chi connectivity index (χ2v) is 3.20. The van der Waals surface area contributed by atoms with E-state index in [0.29, 0.717) is 0 Å². The Hall–Kier alpha value is -0.730. The highest BCUT2D eigenvalue weighted by Gasteiger charge is 2.32. The third kappa shape index (κ3) is 3.73. The van der Waals surface area contributed by atoms with E-state index in [9.17, 15) is 4.79 Å². The smallest absolute Gasteiger partial charge is 0.251 e. The van der Waals surface area contributed by atoms with Crippen LogP contribution in [0.15, 0.2) is 0 Å². The summed E-state index contributed by atoms with van der Waals surface area (Å²) in [6.07, 6.45) is -0.867. The predicted molar refractivity (Wildman–Crippen MR) is 52.0 cm³/mol. The fraction of sp³-hybridized carbons (Fsp3) is 0.875. The number of nitrogens with two attached hydrogens (primary N) is 1. The fourth-order valence-electron chi connectivity index (χ4n) is 0.921. The van der Waals surface area contributed by atoms with E-state index >= 15 is 0 Å². The van der Waals surface area contributed by atoms with E-state index in [4.69, 9.17) is 25.8 Å². The molecular formula is C8H18N2O5. The summed E-state index contributed by atoms with van der Waals surface area (Å²) < 4.78 is 4.76. The lowest BCUT2D eigenvalue weighted by Gasteiger charge is -2.30. The van der Waals surface area contributed by atoms with Gasteiger partial charge in [0.25, 0.3) is 5.91 Å². The molecule has 1 atom stereocenters. The third-order valence-electron chi connectivity index (χ3n) is 2.09. The van der Waals surface area contributed by atoms with Crippen LogP contribution in [0.25, 0.3) is 0 Å². The third-order valence-corrected chi connectivity index (χ3v) is 2.09. The fourth-order valence-corrected chi connectivity index (χ4v) is 0.921. The van der Waals surface area contributed by atoms with Crippen molar-refractivity contribution in [1.82, 2.24) is 5.32 Å². The van der Waals surface area contributed by atoms with Crippen molar-refractivity contribution in [2.24, 2.45) is 5.73 Å². The molecule has 0 aliphatic carbocycles. The summed E-state index contributed by atoms with van der Waals surface area (Å²) in [7, 11) is 1.32. The van der Waals surface area contributed by atoms with Crippen LogP contribution in [-0.2, 0) is 9.53 Å². The SMILES string of the molecule is COC(CN)C(=O)NC(CO)(CO)CO. The van der Waals surface area contributed by atoms with Gasteiger partial charge in [0.05, 0.1) is 19.8 Å². The summed E-state index contributed by atoms with van der Waals surface area (Å²) in [5.41, 5.74) is 3.81. The molecule has 0 aromatic heterocycles. The van der Waals surface area contributed by atoms with Crippen molar-refractivity contribution in [2.45, 2.75) is 11.6 Å². The Balaban J connectivity index is 4.46. The van der Waals surface area contributed by atoms with Gasteiger partial charge in [-0.3, -0.25) is 4.79 Å². The van der Waals surface area contributed by atoms with Gasteiger partial charge < -0.3 is 31.1 Å². The van der Waals surface area contributed by atoms with E-state index in [2.05, 4.69) is 5.32 Å². The lowest BCUT2D eigenvalue weighted by molar-refractivity contribution is -0.134. The number of aliphatic hydroxyl groups is 3. The average Bonchev–Trinajstić information content (AvgIpc) is 2.28. The normalized spacial score (nSPS) is 13.7. The van der Waals surface area contributed by atoms with Crippen LogP contribution in [0.2, 0.25) is 0 Å². The van der Waals surface area contributed by atoms with Crippen LogP contribution in [0, 0.1) is 0 Å². The summed E-state index contributed by atoms with van der Waals surface area (Å²) in [4.78, 5) is 11.4. The first kappa shape index (κ1) is 14.3. The molecule has 1 amide bonds. The van der Waals surface area contributed by atoms with Crippen LogP contribution in [0.5, 0.6) is 0 Å². The minimum atomic E-state index is -1.44. The Bertz CT molecular complexity index is 183. The number of carbonyl (C=O) groups excluding carboxylic acids is 1. The van der Waals surface area contributed by atoms with Gasteiger partial charge in [0.1, 0.15) is 11.6 Å². The molecule has 0 bridgehead atoms. The van der Waals surface area contributed by atoms with E-state index in [1.165, 1.54) is 7.11 Å². The van der Waals surface area contributed by atoms with Crippen molar-refractivity contribution in [1.29, 1.82) is 0 Å². The Morgan fingerprint density at radius 1 is 1.40 bits per heavy atom. The van der Waals surface area contributed by atoms with E-state index in [1.807, 2.05) is 0 Å². The zero-order chi connectivity index (χ0) is 11.9. The molecular weight excluding hydrogens is 204 g/mol. The van der Waals surface area contributed by atoms with Gasteiger partial charge in [-0.1, -0.05) is 0 Å². The predicted octanol–water partition coefficient (Wildman–Crippen LogP) is -3.21. The first-order valence-corrected chi connectivity index (χ1v) is 4.46. The number of nitrogens with one attached hydrogen (secondary N) is 1. The van der Waals surface area contributed by atoms with Crippen molar-refractivity contribution in [2.75, 3.05) is 33.5 Å². The second-order valence-electron chi connectivity index (χ2n) is 3.20. The Morgan fingerprint density at radius 3 is 2.13 bits per heavy atom. The summed E-state index contributed by atoms with van der Waals surface area (Å²) in [6.45, 7) is -1.76. The molecule has 0 aromatic rings. The van der Waals surface area contributed by atoms with Gasteiger partial charge in [0, 0.05) is 13.7 Å². The van der Waals surface area contributed by atoms with Crippen LogP contribution in [0.1, 0.15) is 0 Å². The highest BCUT2D eigenvalue weighted by Crippen LogP contribution is 2.02. The molecule has 0 aromatic carbocycles. The maximum absolute atomic E-state index is 11.4. The molecule has 1 unspecified atom stereocenters. The molecule has 0 heterocycles. The largest absolute Gasteiger partial charge is 0.394 e. The Labute approximate surface area is 87.8 Å². The molecule has 0 fully saturated rings. The highest BCUT2D eigenvalue weighted by molar-refractivity contribution is 5.81. The topological polar surface area (TPSA) is 125 Å². The molecule has 15 heavy (non-hydrogen) atoms. The van der Waals surface area contributed by atoms with Crippen molar-refractivity contribution in [3.05, 3.63) is 0 Å². The number of carbonyl (C=O) groups is 1. The summed E-state index contributed by atoms with van der Waals surface area (Å²) in [5.74, 6) is -0.586. The van der Waals surface area contributed by atoms with Crippen molar-refractivity contribution >= 4 is 5.91 Å². The van der Waals surface area contributed by atoms with Crippen LogP contribution in [0.4, 0.5) is 0 Å². The standard InChI is InChI=1S/C8H18N2O5/c1-15-6(2-9)7(14)10-8(3-11,4-12)5-13/h6,11-13H,2-5,9H2,1H3,(H,10,14). The van der Waals surface area contributed by atoms with Crippen molar-refractivity contribution in [3.8, 4) is 0 Å². The number of amides is 1. The van der Waals surface area contributed by atoms with Gasteiger partial charge in [-0.15, -0.1) is 0 Å². The molecule has 90 valence electrons. The molecule has 0 rings (SSSR count). The van der Waals surface area contributed by atoms with E-state index in [0.717, 1.165) is 0 Å². The van der Waals surface area contributed by atoms with Gasteiger partial charge in [0.15, 0.2) is 0 Å². The highest BCUT2D eigenvalue weighted by atomic mass is 16.5. The van der Waals surface area contributed by atoms with Crippen molar-refractivity contribution < 1.29 is 24.9 Å². The van der Waals surface area contributed by atoms with Crippen LogP contribution < -0.4 is 11.1 Å². The minimum Gasteiger partial charge on any atom is -0.394 e. The summed E-state index contributed by atoms with van der Waals surface area (Å²) >= 11 is 0. The lowest BCUT2D eigenvalue weighted by Crippen LogP contribution is -2.60. The van der Waals surface area contributed by atoms with Crippen LogP contribution in [0.3, 0.4) is 0 Å². The lowest BCUT2D eigenvalue weighted by atomic mass is 10.0. The maximum atomic E-state index is 11.4. The number of hydrogen-bond acceptors (Lipinski definition) is 6. The Kier molecular flexibility index (Phi) is 6.37. The first-order valence-electron chi connectivity index (χ1n) is 4.46. The average molecular weight is 222 g/mol. The number of aliphatic hydroxyl groups excluding tert-OH is 3. The van der Waals surface area contributed by atoms with E-state index in [-0.39, 0.29) is 6.54 Å². The molecule has 0 radical (unpaired) electrons. The van der Waals surface area contributed by atoms with E-state index < -0.39 is 37.4 Å². The van der Waals surface area contributed by atoms with E-state index in [1.54, 1.807) is 0 Å². The molecule has 0 aliphatic heterocycles. The molecule has 6 N–H and O–H groups in total. The van der Waals surface area contributed by atoms with Gasteiger partial charge in [-0.2, -0.15) is 0 Å². The minimum absolute atomic E-state index is 0.0271. The zero-order valence-corrected chi connectivity index (χ0v) is 8.64. The Morgan fingerprint density at radius 2 is 1.87 bits per heavy atom. The second kappa shape index (κ2) is 6.70. The maximum Gasteiger partial charge on any atom is 0.251 e. The molecule has 0 aliphatic rings. The first-order chi connectivity index (χ1) is 7.09. The quantitative estimate of drug-likeness (QED) is 0.309. The molecule has 0 saturated heterocycles. The summed E-state index contributed by atoms with van der Waals surface area (Å²) in [6, 6.07) is 0. The molecule has 7 heteroatoms. The molecule has 0 saturated carbocycles. The van der Waals surface area contributed by atoms with Crippen molar-refractivity contribution in [3.63, 3.8) is 0 Å². The van der Waals surface area contributed by atoms with Gasteiger partial charge in [-0.05, 0) is 0 Å². The monoisotopic (exact) mass is 222 g/mol. The number of ether oxygens (including phenoxy) is 1. The number of methoxy groups -OCH3 is 1. The number of hydrogen-bond donors (Lipinski definition) is 5.